The topological polar surface area (TPSA) is 6.48 Å². The van der Waals surface area contributed by atoms with E-state index < -0.39 is 0 Å². The molecule has 2 aliphatic heterocycles. The van der Waals surface area contributed by atoms with Crippen molar-refractivity contribution in [3.63, 3.8) is 0 Å². The molecule has 0 saturated carbocycles. The van der Waals surface area contributed by atoms with Crippen molar-refractivity contribution in [3.05, 3.63) is 147 Å². The van der Waals surface area contributed by atoms with Gasteiger partial charge in [-0.1, -0.05) is 165 Å². The summed E-state index contributed by atoms with van der Waals surface area (Å²) in [6.07, 6.45) is 4.66. The molecule has 0 N–H and O–H groups in total. The Labute approximate surface area is 404 Å². The van der Waals surface area contributed by atoms with Crippen molar-refractivity contribution in [2.75, 3.05) is 9.80 Å². The standard InChI is InChI=1S/C64H75BN2/c1-38-29-44-46(60(8,9)28-27-59(44,6)7)34-52(38)67-51-25-23-41(40-21-19-18-20-22-40)30-48(51)65-49-33-45-47(63(14,15)36-62(45,12)13)35-53(49)66(54-31-42(58(3,4)5)32-55(67)57(54)65)50-26-24-43-56(39(50)2)64(16,17)37-61(43,10)11/h18-26,29-35H,27-28,36-37H2,1-17H3. The van der Waals surface area contributed by atoms with Crippen LogP contribution in [0.3, 0.4) is 0 Å². The zero-order valence-corrected chi connectivity index (χ0v) is 44.0. The van der Waals surface area contributed by atoms with Crippen molar-refractivity contribution in [2.45, 2.75) is 181 Å². The number of aryl methyl sites for hydroxylation is 1. The van der Waals surface area contributed by atoms with Gasteiger partial charge in [-0.15, -0.1) is 0 Å². The number of hydrogen-bond donors (Lipinski definition) is 0. The first kappa shape index (κ1) is 44.5. The Morgan fingerprint density at radius 3 is 1.57 bits per heavy atom. The third-order valence-electron chi connectivity index (χ3n) is 17.9. The maximum absolute atomic E-state index is 2.76. The van der Waals surface area contributed by atoms with Gasteiger partial charge in [0.1, 0.15) is 0 Å². The molecule has 0 bridgehead atoms. The summed E-state index contributed by atoms with van der Waals surface area (Å²) in [5.74, 6) is 0. The Morgan fingerprint density at radius 2 is 0.940 bits per heavy atom. The fraction of sp³-hybridized carbons (Fsp3) is 0.438. The molecule has 0 fully saturated rings. The Bertz CT molecular complexity index is 3090. The van der Waals surface area contributed by atoms with E-state index in [1.165, 1.54) is 125 Å². The van der Waals surface area contributed by atoms with Crippen LogP contribution < -0.4 is 26.2 Å². The number of benzene rings is 6. The summed E-state index contributed by atoms with van der Waals surface area (Å²) in [5, 5.41) is 0. The molecule has 3 aliphatic carbocycles. The van der Waals surface area contributed by atoms with E-state index in [2.05, 4.69) is 225 Å². The Hall–Kier alpha value is -5.02. The Kier molecular flexibility index (Phi) is 9.18. The SMILES string of the molecule is Cc1cc2c(cc1N1c3ccc(-c4ccccc4)cc3B3c4cc5c(cc4N(c4ccc6c(c4C)C(C)(C)CC6(C)C)c4cc(C(C)(C)C)cc1c43)C(C)(C)CC5(C)C)C(C)(C)CCC2(C)C. The predicted molar refractivity (Wildman–Crippen MR) is 291 cm³/mol. The van der Waals surface area contributed by atoms with E-state index in [0.717, 1.165) is 12.8 Å². The number of nitrogens with zero attached hydrogens (tertiary/aromatic N) is 2. The summed E-state index contributed by atoms with van der Waals surface area (Å²) in [6, 6.07) is 39.3. The summed E-state index contributed by atoms with van der Waals surface area (Å²) >= 11 is 0. The molecule has 5 aliphatic rings. The van der Waals surface area contributed by atoms with Crippen LogP contribution in [0.5, 0.6) is 0 Å². The first-order valence-electron chi connectivity index (χ1n) is 25.6. The highest BCUT2D eigenvalue weighted by Gasteiger charge is 2.50. The van der Waals surface area contributed by atoms with Crippen molar-refractivity contribution >= 4 is 57.2 Å². The second-order valence-electron chi connectivity index (χ2n) is 26.9. The van der Waals surface area contributed by atoms with Crippen molar-refractivity contribution in [3.8, 4) is 11.1 Å². The number of anilines is 6. The van der Waals surface area contributed by atoms with E-state index >= 15 is 0 Å². The molecule has 0 aromatic heterocycles. The molecule has 0 saturated heterocycles. The van der Waals surface area contributed by atoms with Crippen LogP contribution in [0.15, 0.2) is 97.1 Å². The van der Waals surface area contributed by atoms with Gasteiger partial charge in [0.15, 0.2) is 0 Å². The quantitative estimate of drug-likeness (QED) is 0.163. The van der Waals surface area contributed by atoms with Crippen LogP contribution in [0.25, 0.3) is 11.1 Å². The Morgan fingerprint density at radius 1 is 0.433 bits per heavy atom. The molecule has 3 heteroatoms. The van der Waals surface area contributed by atoms with Crippen molar-refractivity contribution < 1.29 is 0 Å². The van der Waals surface area contributed by atoms with Gasteiger partial charge in [-0.2, -0.15) is 0 Å². The molecule has 0 spiro atoms. The van der Waals surface area contributed by atoms with E-state index in [1.54, 1.807) is 0 Å². The average molecular weight is 883 g/mol. The van der Waals surface area contributed by atoms with Gasteiger partial charge >= 0.3 is 0 Å². The fourth-order valence-corrected chi connectivity index (χ4v) is 14.8. The fourth-order valence-electron chi connectivity index (χ4n) is 14.8. The van der Waals surface area contributed by atoms with E-state index in [9.17, 15) is 0 Å². The third-order valence-corrected chi connectivity index (χ3v) is 17.9. The van der Waals surface area contributed by atoms with Gasteiger partial charge in [0, 0.05) is 34.1 Å². The summed E-state index contributed by atoms with van der Waals surface area (Å²) in [4.78, 5) is 5.47. The maximum Gasteiger partial charge on any atom is 0.252 e. The molecule has 344 valence electrons. The molecule has 0 unspecified atom stereocenters. The molecule has 2 nitrogen and oxygen atoms in total. The lowest BCUT2D eigenvalue weighted by Crippen LogP contribution is -2.61. The maximum atomic E-state index is 2.76. The first-order chi connectivity index (χ1) is 31.1. The zero-order chi connectivity index (χ0) is 47.9. The van der Waals surface area contributed by atoms with Gasteiger partial charge in [0.2, 0.25) is 0 Å². The predicted octanol–water partition coefficient (Wildman–Crippen LogP) is 15.6. The van der Waals surface area contributed by atoms with Gasteiger partial charge in [-0.3, -0.25) is 0 Å². The molecular formula is C64H75BN2. The van der Waals surface area contributed by atoms with Gasteiger partial charge in [-0.05, 0) is 191 Å². The van der Waals surface area contributed by atoms with Crippen LogP contribution >= 0.6 is 0 Å². The Balaban J connectivity index is 1.30. The molecule has 67 heavy (non-hydrogen) atoms. The first-order valence-corrected chi connectivity index (χ1v) is 25.6. The van der Waals surface area contributed by atoms with E-state index in [1.807, 2.05) is 0 Å². The summed E-state index contributed by atoms with van der Waals surface area (Å²) in [5.41, 5.74) is 28.2. The number of rotatable bonds is 3. The molecule has 11 rings (SSSR count). The summed E-state index contributed by atoms with van der Waals surface area (Å²) in [6.45, 7) is 41.8. The molecule has 0 amide bonds. The van der Waals surface area contributed by atoms with E-state index in [-0.39, 0.29) is 44.6 Å². The monoisotopic (exact) mass is 883 g/mol. The van der Waals surface area contributed by atoms with Crippen LogP contribution in [-0.2, 0) is 37.9 Å². The van der Waals surface area contributed by atoms with Gasteiger partial charge < -0.3 is 9.80 Å². The summed E-state index contributed by atoms with van der Waals surface area (Å²) in [7, 11) is 0. The second kappa shape index (κ2) is 13.8. The molecule has 0 atom stereocenters. The van der Waals surface area contributed by atoms with Gasteiger partial charge in [0.05, 0.1) is 0 Å². The van der Waals surface area contributed by atoms with Crippen LogP contribution in [0.2, 0.25) is 0 Å². The molecular weight excluding hydrogens is 808 g/mol. The zero-order valence-electron chi connectivity index (χ0n) is 44.0. The lowest BCUT2D eigenvalue weighted by atomic mass is 9.33. The summed E-state index contributed by atoms with van der Waals surface area (Å²) < 4.78 is 0. The number of fused-ring (bicyclic) bond motifs is 7. The third kappa shape index (κ3) is 6.41. The van der Waals surface area contributed by atoms with Gasteiger partial charge in [-0.25, -0.2) is 0 Å². The second-order valence-corrected chi connectivity index (χ2v) is 26.9. The van der Waals surface area contributed by atoms with Crippen LogP contribution in [-0.4, -0.2) is 6.71 Å². The smallest absolute Gasteiger partial charge is 0.252 e. The lowest BCUT2D eigenvalue weighted by molar-refractivity contribution is 0.332. The highest BCUT2D eigenvalue weighted by molar-refractivity contribution is 7.00. The normalized spacial score (nSPS) is 20.4. The van der Waals surface area contributed by atoms with Crippen LogP contribution in [0.1, 0.15) is 180 Å². The number of hydrogen-bond acceptors (Lipinski definition) is 2. The van der Waals surface area contributed by atoms with Crippen molar-refractivity contribution in [2.24, 2.45) is 0 Å². The minimum Gasteiger partial charge on any atom is -0.311 e. The highest BCUT2D eigenvalue weighted by atomic mass is 15.2. The molecule has 0 radical (unpaired) electrons. The van der Waals surface area contributed by atoms with Crippen molar-refractivity contribution in [1.82, 2.24) is 0 Å². The van der Waals surface area contributed by atoms with E-state index in [4.69, 9.17) is 0 Å². The molecule has 2 heterocycles. The largest absolute Gasteiger partial charge is 0.311 e. The molecule has 6 aromatic rings. The minimum absolute atomic E-state index is 0.0309. The van der Waals surface area contributed by atoms with Crippen molar-refractivity contribution in [1.29, 1.82) is 0 Å². The average Bonchev–Trinajstić information content (AvgIpc) is 3.55. The molecule has 6 aromatic carbocycles. The van der Waals surface area contributed by atoms with Gasteiger partial charge in [0.25, 0.3) is 6.71 Å². The van der Waals surface area contributed by atoms with E-state index in [0.29, 0.717) is 0 Å². The lowest BCUT2D eigenvalue weighted by Gasteiger charge is -2.47. The minimum atomic E-state index is -0.101. The van der Waals surface area contributed by atoms with Crippen LogP contribution in [0, 0.1) is 13.8 Å². The highest BCUT2D eigenvalue weighted by Crippen LogP contribution is 2.57. The van der Waals surface area contributed by atoms with Crippen LogP contribution in [0.4, 0.5) is 34.1 Å².